The molecule has 0 bridgehead atoms. The highest BCUT2D eigenvalue weighted by atomic mass is 16.2. The topological polar surface area (TPSA) is 51.0 Å². The molecule has 0 amide bonds. The van der Waals surface area contributed by atoms with Crippen molar-refractivity contribution in [3.05, 3.63) is 60.2 Å². The van der Waals surface area contributed by atoms with E-state index in [1.807, 2.05) is 42.5 Å². The fraction of sp³-hybridized carbons (Fsp3) is 0.316. The summed E-state index contributed by atoms with van der Waals surface area (Å²) in [4.78, 5) is 14.8. The summed E-state index contributed by atoms with van der Waals surface area (Å²) in [6.07, 6.45) is 0.415. The lowest BCUT2D eigenvalue weighted by atomic mass is 10.2. The molecule has 0 radical (unpaired) electrons. The van der Waals surface area contributed by atoms with Gasteiger partial charge in [-0.3, -0.25) is 9.69 Å². The van der Waals surface area contributed by atoms with Crippen LogP contribution in [0.3, 0.4) is 0 Å². The third-order valence-electron chi connectivity index (χ3n) is 4.16. The SMILES string of the molecule is CC(C)N(CCC(=O)n1nnc2ccccc21)Cc1ccccc1. The van der Waals surface area contributed by atoms with E-state index >= 15 is 0 Å². The monoisotopic (exact) mass is 322 g/mol. The Morgan fingerprint density at radius 2 is 1.79 bits per heavy atom. The Labute approximate surface area is 141 Å². The van der Waals surface area contributed by atoms with Crippen LogP contribution in [0.15, 0.2) is 54.6 Å². The van der Waals surface area contributed by atoms with Crippen molar-refractivity contribution in [3.8, 4) is 0 Å². The Hall–Kier alpha value is -2.53. The van der Waals surface area contributed by atoms with E-state index in [0.717, 1.165) is 17.6 Å². The molecule has 0 aliphatic heterocycles. The molecule has 0 saturated heterocycles. The summed E-state index contributed by atoms with van der Waals surface area (Å²) < 4.78 is 1.41. The number of fused-ring (bicyclic) bond motifs is 1. The van der Waals surface area contributed by atoms with Crippen molar-refractivity contribution in [1.29, 1.82) is 0 Å². The molecule has 3 rings (SSSR count). The Morgan fingerprint density at radius 1 is 1.08 bits per heavy atom. The third-order valence-corrected chi connectivity index (χ3v) is 4.16. The molecular formula is C19H22N4O. The lowest BCUT2D eigenvalue weighted by Crippen LogP contribution is -2.33. The molecule has 0 N–H and O–H groups in total. The molecule has 1 heterocycles. The number of aromatic nitrogens is 3. The predicted molar refractivity (Wildman–Crippen MR) is 94.8 cm³/mol. The fourth-order valence-electron chi connectivity index (χ4n) is 2.74. The summed E-state index contributed by atoms with van der Waals surface area (Å²) in [7, 11) is 0. The number of nitrogens with zero attached hydrogens (tertiary/aromatic N) is 4. The highest BCUT2D eigenvalue weighted by Crippen LogP contribution is 2.12. The third kappa shape index (κ3) is 3.68. The van der Waals surface area contributed by atoms with E-state index in [2.05, 4.69) is 41.2 Å². The number of rotatable bonds is 6. The predicted octanol–water partition coefficient (Wildman–Crippen LogP) is 3.37. The van der Waals surface area contributed by atoms with Crippen LogP contribution in [0.1, 0.15) is 30.6 Å². The van der Waals surface area contributed by atoms with Gasteiger partial charge in [0.1, 0.15) is 5.52 Å². The van der Waals surface area contributed by atoms with Gasteiger partial charge in [-0.05, 0) is 31.5 Å². The van der Waals surface area contributed by atoms with Gasteiger partial charge in [-0.25, -0.2) is 0 Å². The first kappa shape index (κ1) is 16.3. The number of hydrogen-bond donors (Lipinski definition) is 0. The van der Waals surface area contributed by atoms with E-state index in [1.165, 1.54) is 10.2 Å². The lowest BCUT2D eigenvalue weighted by Gasteiger charge is -2.26. The van der Waals surface area contributed by atoms with Crippen molar-refractivity contribution in [1.82, 2.24) is 19.9 Å². The van der Waals surface area contributed by atoms with Crippen molar-refractivity contribution < 1.29 is 4.79 Å². The van der Waals surface area contributed by atoms with Gasteiger partial charge in [0, 0.05) is 25.6 Å². The molecule has 0 atom stereocenters. The first-order valence-corrected chi connectivity index (χ1v) is 8.27. The zero-order chi connectivity index (χ0) is 16.9. The average molecular weight is 322 g/mol. The summed E-state index contributed by atoms with van der Waals surface area (Å²) >= 11 is 0. The minimum atomic E-state index is -0.0255. The maximum atomic E-state index is 12.5. The molecule has 3 aromatic rings. The molecule has 24 heavy (non-hydrogen) atoms. The van der Waals surface area contributed by atoms with Crippen LogP contribution in [0.5, 0.6) is 0 Å². The van der Waals surface area contributed by atoms with E-state index in [1.54, 1.807) is 0 Å². The van der Waals surface area contributed by atoms with Crippen molar-refractivity contribution in [3.63, 3.8) is 0 Å². The molecular weight excluding hydrogens is 300 g/mol. The smallest absolute Gasteiger partial charge is 0.250 e. The highest BCUT2D eigenvalue weighted by molar-refractivity contribution is 5.88. The molecule has 2 aromatic carbocycles. The summed E-state index contributed by atoms with van der Waals surface area (Å²) in [6, 6.07) is 18.2. The normalized spacial score (nSPS) is 11.5. The van der Waals surface area contributed by atoms with Gasteiger partial charge in [-0.2, -0.15) is 4.68 Å². The summed E-state index contributed by atoms with van der Waals surface area (Å²) in [5.41, 5.74) is 2.77. The molecule has 5 nitrogen and oxygen atoms in total. The summed E-state index contributed by atoms with van der Waals surface area (Å²) in [5, 5.41) is 8.05. The fourth-order valence-corrected chi connectivity index (χ4v) is 2.74. The van der Waals surface area contributed by atoms with Gasteiger partial charge in [0.15, 0.2) is 0 Å². The van der Waals surface area contributed by atoms with E-state index in [-0.39, 0.29) is 5.91 Å². The number of para-hydroxylation sites is 1. The van der Waals surface area contributed by atoms with Gasteiger partial charge in [0.2, 0.25) is 5.91 Å². The van der Waals surface area contributed by atoms with Gasteiger partial charge in [-0.1, -0.05) is 47.7 Å². The number of carbonyl (C=O) groups excluding carboxylic acids is 1. The van der Waals surface area contributed by atoms with Crippen LogP contribution < -0.4 is 0 Å². The van der Waals surface area contributed by atoms with E-state index < -0.39 is 0 Å². The quantitative estimate of drug-likeness (QED) is 0.698. The average Bonchev–Trinajstić information content (AvgIpc) is 3.03. The standard InChI is InChI=1S/C19H22N4O/c1-15(2)22(14-16-8-4-3-5-9-16)13-12-19(24)23-18-11-7-6-10-17(18)20-21-23/h3-11,15H,12-14H2,1-2H3. The molecule has 0 aliphatic carbocycles. The Kier molecular flexibility index (Phi) is 5.01. The second-order valence-corrected chi connectivity index (χ2v) is 6.18. The van der Waals surface area contributed by atoms with Crippen molar-refractivity contribution in [2.75, 3.05) is 6.54 Å². The van der Waals surface area contributed by atoms with Gasteiger partial charge in [0.25, 0.3) is 0 Å². The van der Waals surface area contributed by atoms with Crippen LogP contribution in [0.4, 0.5) is 0 Å². The van der Waals surface area contributed by atoms with Gasteiger partial charge < -0.3 is 0 Å². The molecule has 5 heteroatoms. The minimum absolute atomic E-state index is 0.0255. The Morgan fingerprint density at radius 3 is 2.54 bits per heavy atom. The van der Waals surface area contributed by atoms with E-state index in [0.29, 0.717) is 19.0 Å². The van der Waals surface area contributed by atoms with Gasteiger partial charge >= 0.3 is 0 Å². The van der Waals surface area contributed by atoms with Crippen molar-refractivity contribution in [2.24, 2.45) is 0 Å². The van der Waals surface area contributed by atoms with Crippen LogP contribution >= 0.6 is 0 Å². The van der Waals surface area contributed by atoms with Crippen LogP contribution in [0.2, 0.25) is 0 Å². The van der Waals surface area contributed by atoms with Crippen LogP contribution in [-0.4, -0.2) is 38.4 Å². The lowest BCUT2D eigenvalue weighted by molar-refractivity contribution is 0.0859. The Bertz CT molecular complexity index is 810. The maximum absolute atomic E-state index is 12.5. The summed E-state index contributed by atoms with van der Waals surface area (Å²) in [6.45, 7) is 5.83. The van der Waals surface area contributed by atoms with Crippen LogP contribution in [0, 0.1) is 0 Å². The minimum Gasteiger partial charge on any atom is -0.296 e. The number of benzene rings is 2. The van der Waals surface area contributed by atoms with E-state index in [4.69, 9.17) is 0 Å². The summed E-state index contributed by atoms with van der Waals surface area (Å²) in [5.74, 6) is -0.0255. The molecule has 124 valence electrons. The van der Waals surface area contributed by atoms with Gasteiger partial charge in [0.05, 0.1) is 5.52 Å². The van der Waals surface area contributed by atoms with Crippen LogP contribution in [0.25, 0.3) is 11.0 Å². The Balaban J connectivity index is 1.67. The molecule has 0 saturated carbocycles. The molecule has 0 spiro atoms. The zero-order valence-corrected chi connectivity index (χ0v) is 14.1. The molecule has 0 fully saturated rings. The second kappa shape index (κ2) is 7.36. The van der Waals surface area contributed by atoms with E-state index in [9.17, 15) is 4.79 Å². The first-order valence-electron chi connectivity index (χ1n) is 8.27. The largest absolute Gasteiger partial charge is 0.296 e. The van der Waals surface area contributed by atoms with Crippen molar-refractivity contribution >= 4 is 16.9 Å². The molecule has 0 unspecified atom stereocenters. The van der Waals surface area contributed by atoms with Crippen LogP contribution in [-0.2, 0) is 6.54 Å². The van der Waals surface area contributed by atoms with Gasteiger partial charge in [-0.15, -0.1) is 5.10 Å². The first-order chi connectivity index (χ1) is 11.6. The number of carbonyl (C=O) groups is 1. The maximum Gasteiger partial charge on any atom is 0.250 e. The number of hydrogen-bond acceptors (Lipinski definition) is 4. The molecule has 1 aromatic heterocycles. The second-order valence-electron chi connectivity index (χ2n) is 6.18. The molecule has 0 aliphatic rings. The highest BCUT2D eigenvalue weighted by Gasteiger charge is 2.15. The zero-order valence-electron chi connectivity index (χ0n) is 14.1. The van der Waals surface area contributed by atoms with Crippen molar-refractivity contribution in [2.45, 2.75) is 32.9 Å².